The Hall–Kier alpha value is -0.660. The first-order valence-electron chi connectivity index (χ1n) is 7.64. The number of hydrogen-bond donors (Lipinski definition) is 1. The van der Waals surface area contributed by atoms with Crippen molar-refractivity contribution in [2.75, 3.05) is 32.5 Å². The monoisotopic (exact) mass is 320 g/mol. The molecule has 0 spiro atoms. The predicted molar refractivity (Wildman–Crippen MR) is 82.5 cm³/mol. The van der Waals surface area contributed by atoms with Crippen molar-refractivity contribution in [1.29, 1.82) is 0 Å². The fraction of sp³-hybridized carbons (Fsp3) is 0.929. The van der Waals surface area contributed by atoms with Gasteiger partial charge in [0.1, 0.15) is 0 Å². The van der Waals surface area contributed by atoms with Gasteiger partial charge >= 0.3 is 5.97 Å². The number of methoxy groups -OCH3 is 1. The maximum atomic E-state index is 12.5. The lowest BCUT2D eigenvalue weighted by molar-refractivity contribution is -0.140. The number of carbonyl (C=O) groups excluding carboxylic acids is 1. The van der Waals surface area contributed by atoms with Crippen molar-refractivity contribution in [2.45, 2.75) is 45.6 Å². The number of rotatable bonds is 8. The zero-order valence-electron chi connectivity index (χ0n) is 13.3. The van der Waals surface area contributed by atoms with Crippen LogP contribution in [0.4, 0.5) is 0 Å². The van der Waals surface area contributed by atoms with Gasteiger partial charge < -0.3 is 10.1 Å². The number of ether oxygens (including phenoxy) is 1. The number of piperidine rings is 1. The van der Waals surface area contributed by atoms with E-state index in [2.05, 4.69) is 10.1 Å². The molecule has 21 heavy (non-hydrogen) atoms. The van der Waals surface area contributed by atoms with Crippen LogP contribution in [0.25, 0.3) is 0 Å². The van der Waals surface area contributed by atoms with Gasteiger partial charge in [-0.1, -0.05) is 0 Å². The van der Waals surface area contributed by atoms with Crippen LogP contribution in [0.3, 0.4) is 0 Å². The van der Waals surface area contributed by atoms with Gasteiger partial charge in [0.25, 0.3) is 0 Å². The predicted octanol–water partition coefficient (Wildman–Crippen LogP) is 0.979. The molecule has 1 aliphatic heterocycles. The van der Waals surface area contributed by atoms with Crippen molar-refractivity contribution in [3.05, 3.63) is 0 Å². The molecule has 7 heteroatoms. The maximum absolute atomic E-state index is 12.5. The van der Waals surface area contributed by atoms with Crippen LogP contribution in [0.2, 0.25) is 0 Å². The van der Waals surface area contributed by atoms with E-state index in [1.807, 2.05) is 13.8 Å². The summed E-state index contributed by atoms with van der Waals surface area (Å²) in [6, 6.07) is -0.0601. The molecule has 0 bridgehead atoms. The minimum absolute atomic E-state index is 0.000425. The molecule has 1 rings (SSSR count). The Kier molecular flexibility index (Phi) is 7.62. The first-order valence-corrected chi connectivity index (χ1v) is 9.24. The summed E-state index contributed by atoms with van der Waals surface area (Å²) in [7, 11) is -2.01. The molecule has 1 saturated heterocycles. The van der Waals surface area contributed by atoms with Gasteiger partial charge in [-0.2, -0.15) is 4.31 Å². The van der Waals surface area contributed by atoms with Crippen LogP contribution in [-0.2, 0) is 19.6 Å². The second-order valence-electron chi connectivity index (χ2n) is 5.87. The van der Waals surface area contributed by atoms with Crippen molar-refractivity contribution in [3.63, 3.8) is 0 Å². The van der Waals surface area contributed by atoms with E-state index >= 15 is 0 Å². The molecule has 0 aromatic heterocycles. The van der Waals surface area contributed by atoms with E-state index in [1.54, 1.807) is 4.31 Å². The molecule has 1 heterocycles. The van der Waals surface area contributed by atoms with Gasteiger partial charge in [-0.25, -0.2) is 8.42 Å². The minimum atomic E-state index is -3.33. The van der Waals surface area contributed by atoms with Crippen LogP contribution < -0.4 is 5.32 Å². The van der Waals surface area contributed by atoms with Gasteiger partial charge in [0, 0.05) is 19.0 Å². The van der Waals surface area contributed by atoms with Crippen molar-refractivity contribution in [3.8, 4) is 0 Å². The third-order valence-electron chi connectivity index (χ3n) is 3.78. The summed E-state index contributed by atoms with van der Waals surface area (Å²) in [6.07, 6.45) is 2.61. The van der Waals surface area contributed by atoms with Crippen LogP contribution in [-0.4, -0.2) is 57.2 Å². The molecule has 0 aliphatic carbocycles. The zero-order valence-corrected chi connectivity index (χ0v) is 14.1. The number of carbonyl (C=O) groups is 1. The van der Waals surface area contributed by atoms with Crippen molar-refractivity contribution >= 4 is 16.0 Å². The molecule has 1 N–H and O–H groups in total. The third kappa shape index (κ3) is 6.32. The minimum Gasteiger partial charge on any atom is -0.469 e. The van der Waals surface area contributed by atoms with E-state index in [1.165, 1.54) is 7.11 Å². The summed E-state index contributed by atoms with van der Waals surface area (Å²) in [6.45, 7) is 6.25. The molecule has 1 unspecified atom stereocenters. The van der Waals surface area contributed by atoms with Gasteiger partial charge in [-0.05, 0) is 52.1 Å². The zero-order chi connectivity index (χ0) is 15.9. The average Bonchev–Trinajstić information content (AvgIpc) is 2.45. The molecule has 0 saturated carbocycles. The molecule has 1 fully saturated rings. The highest BCUT2D eigenvalue weighted by Crippen LogP contribution is 2.17. The lowest BCUT2D eigenvalue weighted by atomic mass is 9.99. The van der Waals surface area contributed by atoms with Gasteiger partial charge in [-0.3, -0.25) is 4.79 Å². The summed E-state index contributed by atoms with van der Waals surface area (Å²) < 4.78 is 31.1. The van der Waals surface area contributed by atoms with Crippen molar-refractivity contribution in [2.24, 2.45) is 5.92 Å². The summed E-state index contributed by atoms with van der Waals surface area (Å²) in [5.74, 6) is 0.00905. The smallest absolute Gasteiger partial charge is 0.305 e. The molecule has 6 nitrogen and oxygen atoms in total. The van der Waals surface area contributed by atoms with E-state index in [0.29, 0.717) is 18.9 Å². The normalized spacial score (nSPS) is 20.0. The highest BCUT2D eigenvalue weighted by atomic mass is 32.2. The SMILES string of the molecule is COC(=O)CCCS(=O)(=O)N(CC1CCCNC1)C(C)C. The molecule has 1 atom stereocenters. The second-order valence-corrected chi connectivity index (χ2v) is 7.91. The van der Waals surface area contributed by atoms with E-state index < -0.39 is 10.0 Å². The van der Waals surface area contributed by atoms with E-state index in [4.69, 9.17) is 0 Å². The molecule has 1 aliphatic rings. The van der Waals surface area contributed by atoms with Gasteiger partial charge in [0.05, 0.1) is 12.9 Å². The van der Waals surface area contributed by atoms with E-state index in [-0.39, 0.29) is 24.2 Å². The first kappa shape index (κ1) is 18.4. The molecule has 0 radical (unpaired) electrons. The second kappa shape index (κ2) is 8.70. The Morgan fingerprint density at radius 3 is 2.67 bits per heavy atom. The van der Waals surface area contributed by atoms with E-state index in [0.717, 1.165) is 25.9 Å². The number of sulfonamides is 1. The Labute approximate surface area is 128 Å². The first-order chi connectivity index (χ1) is 9.86. The molecular formula is C14H28N2O4S. The third-order valence-corrected chi connectivity index (χ3v) is 5.87. The highest BCUT2D eigenvalue weighted by Gasteiger charge is 2.28. The Balaban J connectivity index is 2.58. The van der Waals surface area contributed by atoms with E-state index in [9.17, 15) is 13.2 Å². The topological polar surface area (TPSA) is 75.7 Å². The van der Waals surface area contributed by atoms with Gasteiger partial charge in [0.2, 0.25) is 10.0 Å². The molecular weight excluding hydrogens is 292 g/mol. The number of esters is 1. The highest BCUT2D eigenvalue weighted by molar-refractivity contribution is 7.89. The Morgan fingerprint density at radius 1 is 1.43 bits per heavy atom. The molecule has 124 valence electrons. The fourth-order valence-electron chi connectivity index (χ4n) is 2.60. The Morgan fingerprint density at radius 2 is 2.14 bits per heavy atom. The molecule has 0 aromatic rings. The van der Waals surface area contributed by atoms with Crippen LogP contribution in [0.5, 0.6) is 0 Å². The van der Waals surface area contributed by atoms with Crippen molar-refractivity contribution < 1.29 is 17.9 Å². The fourth-order valence-corrected chi connectivity index (χ4v) is 4.42. The molecule has 0 aromatic carbocycles. The summed E-state index contributed by atoms with van der Waals surface area (Å²) >= 11 is 0. The largest absolute Gasteiger partial charge is 0.469 e. The maximum Gasteiger partial charge on any atom is 0.305 e. The van der Waals surface area contributed by atoms with Crippen LogP contribution in [0, 0.1) is 5.92 Å². The lowest BCUT2D eigenvalue weighted by Crippen LogP contribution is -2.45. The number of nitrogens with zero attached hydrogens (tertiary/aromatic N) is 1. The van der Waals surface area contributed by atoms with Gasteiger partial charge in [-0.15, -0.1) is 0 Å². The Bertz CT molecular complexity index is 417. The number of hydrogen-bond acceptors (Lipinski definition) is 5. The molecule has 0 amide bonds. The average molecular weight is 320 g/mol. The number of nitrogens with one attached hydrogen (secondary N) is 1. The summed E-state index contributed by atoms with van der Waals surface area (Å²) in [5, 5.41) is 3.31. The van der Waals surface area contributed by atoms with Crippen LogP contribution >= 0.6 is 0 Å². The van der Waals surface area contributed by atoms with Crippen molar-refractivity contribution in [1.82, 2.24) is 9.62 Å². The van der Waals surface area contributed by atoms with Gasteiger partial charge in [0.15, 0.2) is 0 Å². The van der Waals surface area contributed by atoms with Crippen LogP contribution in [0.15, 0.2) is 0 Å². The summed E-state index contributed by atoms with van der Waals surface area (Å²) in [5.41, 5.74) is 0. The summed E-state index contributed by atoms with van der Waals surface area (Å²) in [4.78, 5) is 11.1. The standard InChI is InChI=1S/C14H28N2O4S/c1-12(2)16(11-13-6-4-8-15-10-13)21(18,19)9-5-7-14(17)20-3/h12-13,15H,4-11H2,1-3H3. The van der Waals surface area contributed by atoms with Crippen LogP contribution in [0.1, 0.15) is 39.5 Å². The quantitative estimate of drug-likeness (QED) is 0.675. The lowest BCUT2D eigenvalue weighted by Gasteiger charge is -2.32.